The van der Waals surface area contributed by atoms with Crippen LogP contribution in [0.3, 0.4) is 0 Å². The van der Waals surface area contributed by atoms with Crippen molar-refractivity contribution in [1.29, 1.82) is 0 Å². The summed E-state index contributed by atoms with van der Waals surface area (Å²) < 4.78 is 6.68. The van der Waals surface area contributed by atoms with E-state index in [0.29, 0.717) is 6.10 Å². The highest BCUT2D eigenvalue weighted by Crippen LogP contribution is 2.37. The van der Waals surface area contributed by atoms with Crippen LogP contribution in [0.15, 0.2) is 0 Å². The van der Waals surface area contributed by atoms with Crippen molar-refractivity contribution < 1.29 is 4.74 Å². The minimum absolute atomic E-state index is 0.152. The van der Waals surface area contributed by atoms with Crippen LogP contribution in [0.2, 0.25) is 0 Å². The van der Waals surface area contributed by atoms with Gasteiger partial charge in [0.15, 0.2) is 0 Å². The van der Waals surface area contributed by atoms with Gasteiger partial charge >= 0.3 is 0 Å². The fourth-order valence-electron chi connectivity index (χ4n) is 3.84. The standard InChI is InChI=1S/C17H33NO/c1-4-18-13-17(10-6-5-7-11-17)19-16-9-8-14(2)15(3)12-16/h14-16,18H,4-13H2,1-3H3. The van der Waals surface area contributed by atoms with Crippen molar-refractivity contribution in [3.05, 3.63) is 0 Å². The molecule has 2 rings (SSSR count). The monoisotopic (exact) mass is 267 g/mol. The van der Waals surface area contributed by atoms with Crippen LogP contribution in [0.25, 0.3) is 0 Å². The molecule has 0 aliphatic heterocycles. The molecule has 0 spiro atoms. The average molecular weight is 267 g/mol. The fourth-order valence-corrected chi connectivity index (χ4v) is 3.84. The van der Waals surface area contributed by atoms with Crippen molar-refractivity contribution in [3.8, 4) is 0 Å². The second-order valence-corrected chi connectivity index (χ2v) is 7.03. The van der Waals surface area contributed by atoms with Gasteiger partial charge in [0, 0.05) is 6.54 Å². The summed E-state index contributed by atoms with van der Waals surface area (Å²) in [4.78, 5) is 0. The Morgan fingerprint density at radius 1 is 1.05 bits per heavy atom. The number of hydrogen-bond acceptors (Lipinski definition) is 2. The van der Waals surface area contributed by atoms with E-state index in [1.807, 2.05) is 0 Å². The summed E-state index contributed by atoms with van der Waals surface area (Å²) in [5.41, 5.74) is 0.152. The van der Waals surface area contributed by atoms with Gasteiger partial charge in [0.1, 0.15) is 0 Å². The molecule has 2 aliphatic carbocycles. The Balaban J connectivity index is 1.91. The summed E-state index contributed by atoms with van der Waals surface area (Å²) in [7, 11) is 0. The Labute approximate surface area is 119 Å². The SMILES string of the molecule is CCNCC1(OC2CCC(C)C(C)C2)CCCCC1. The fraction of sp³-hybridized carbons (Fsp3) is 1.00. The lowest BCUT2D eigenvalue weighted by Gasteiger charge is -2.43. The molecule has 2 aliphatic rings. The molecule has 3 atom stereocenters. The Kier molecular flexibility index (Phi) is 5.70. The molecule has 0 amide bonds. The first kappa shape index (κ1) is 15.3. The third-order valence-electron chi connectivity index (χ3n) is 5.43. The normalized spacial score (nSPS) is 35.2. The third-order valence-corrected chi connectivity index (χ3v) is 5.43. The van der Waals surface area contributed by atoms with Crippen LogP contribution in [-0.2, 0) is 4.74 Å². The maximum absolute atomic E-state index is 6.68. The highest BCUT2D eigenvalue weighted by molar-refractivity contribution is 4.89. The minimum Gasteiger partial charge on any atom is -0.370 e. The van der Waals surface area contributed by atoms with Crippen LogP contribution in [0.5, 0.6) is 0 Å². The van der Waals surface area contributed by atoms with Gasteiger partial charge in [0.2, 0.25) is 0 Å². The van der Waals surface area contributed by atoms with Gasteiger partial charge in [-0.05, 0) is 50.5 Å². The second kappa shape index (κ2) is 7.08. The molecule has 0 aromatic carbocycles. The van der Waals surface area contributed by atoms with Gasteiger partial charge in [-0.1, -0.05) is 40.0 Å². The number of rotatable bonds is 5. The van der Waals surface area contributed by atoms with Crippen molar-refractivity contribution in [2.75, 3.05) is 13.1 Å². The second-order valence-electron chi connectivity index (χ2n) is 7.03. The van der Waals surface area contributed by atoms with E-state index in [4.69, 9.17) is 4.74 Å². The average Bonchev–Trinajstić information content (AvgIpc) is 2.42. The first-order chi connectivity index (χ1) is 9.15. The predicted octanol–water partition coefficient (Wildman–Crippen LogP) is 4.14. The van der Waals surface area contributed by atoms with E-state index in [1.54, 1.807) is 0 Å². The Morgan fingerprint density at radius 2 is 1.79 bits per heavy atom. The molecule has 2 saturated carbocycles. The summed E-state index contributed by atoms with van der Waals surface area (Å²) in [6.45, 7) is 9.11. The van der Waals surface area contributed by atoms with Crippen LogP contribution in [0, 0.1) is 11.8 Å². The van der Waals surface area contributed by atoms with Gasteiger partial charge in [-0.25, -0.2) is 0 Å². The first-order valence-corrected chi connectivity index (χ1v) is 8.54. The molecule has 0 bridgehead atoms. The van der Waals surface area contributed by atoms with Gasteiger partial charge < -0.3 is 10.1 Å². The van der Waals surface area contributed by atoms with Gasteiger partial charge in [0.25, 0.3) is 0 Å². The number of likely N-dealkylation sites (N-methyl/N-ethyl adjacent to an activating group) is 1. The van der Waals surface area contributed by atoms with Crippen molar-refractivity contribution >= 4 is 0 Å². The lowest BCUT2D eigenvalue weighted by atomic mass is 9.79. The first-order valence-electron chi connectivity index (χ1n) is 8.54. The van der Waals surface area contributed by atoms with Crippen LogP contribution < -0.4 is 5.32 Å². The molecule has 1 N–H and O–H groups in total. The van der Waals surface area contributed by atoms with Crippen LogP contribution >= 0.6 is 0 Å². The van der Waals surface area contributed by atoms with Gasteiger partial charge in [-0.15, -0.1) is 0 Å². The molecule has 2 heteroatoms. The smallest absolute Gasteiger partial charge is 0.0810 e. The molecule has 0 saturated heterocycles. The van der Waals surface area contributed by atoms with Crippen LogP contribution in [-0.4, -0.2) is 24.8 Å². The zero-order valence-electron chi connectivity index (χ0n) is 13.2. The molecule has 0 aromatic heterocycles. The summed E-state index contributed by atoms with van der Waals surface area (Å²) >= 11 is 0. The quantitative estimate of drug-likeness (QED) is 0.808. The zero-order valence-corrected chi connectivity index (χ0v) is 13.2. The molecule has 0 aromatic rings. The molecule has 0 radical (unpaired) electrons. The van der Waals surface area contributed by atoms with E-state index in [-0.39, 0.29) is 5.60 Å². The van der Waals surface area contributed by atoms with Gasteiger partial charge in [0.05, 0.1) is 11.7 Å². The molecular weight excluding hydrogens is 234 g/mol. The van der Waals surface area contributed by atoms with Crippen molar-refractivity contribution in [1.82, 2.24) is 5.32 Å². The van der Waals surface area contributed by atoms with Gasteiger partial charge in [-0.3, -0.25) is 0 Å². The number of ether oxygens (including phenoxy) is 1. The van der Waals surface area contributed by atoms with Crippen molar-refractivity contribution in [2.45, 2.75) is 83.8 Å². The summed E-state index contributed by atoms with van der Waals surface area (Å²) in [5.74, 6) is 1.72. The largest absolute Gasteiger partial charge is 0.370 e. The summed E-state index contributed by atoms with van der Waals surface area (Å²) in [5, 5.41) is 3.54. The highest BCUT2D eigenvalue weighted by Gasteiger charge is 2.37. The van der Waals surface area contributed by atoms with E-state index in [1.165, 1.54) is 51.4 Å². The molecule has 3 unspecified atom stereocenters. The number of hydrogen-bond donors (Lipinski definition) is 1. The maximum Gasteiger partial charge on any atom is 0.0810 e. The van der Waals surface area contributed by atoms with Crippen molar-refractivity contribution in [2.24, 2.45) is 11.8 Å². The molecule has 2 nitrogen and oxygen atoms in total. The maximum atomic E-state index is 6.68. The summed E-state index contributed by atoms with van der Waals surface area (Å²) in [6, 6.07) is 0. The van der Waals surface area contributed by atoms with Crippen LogP contribution in [0.4, 0.5) is 0 Å². The predicted molar refractivity (Wildman–Crippen MR) is 81.4 cm³/mol. The molecular formula is C17H33NO. The lowest BCUT2D eigenvalue weighted by Crippen LogP contribution is -2.48. The van der Waals surface area contributed by atoms with E-state index >= 15 is 0 Å². The van der Waals surface area contributed by atoms with E-state index in [0.717, 1.165) is 24.9 Å². The molecule has 112 valence electrons. The van der Waals surface area contributed by atoms with E-state index in [9.17, 15) is 0 Å². The Morgan fingerprint density at radius 3 is 2.42 bits per heavy atom. The van der Waals surface area contributed by atoms with Crippen molar-refractivity contribution in [3.63, 3.8) is 0 Å². The van der Waals surface area contributed by atoms with Crippen LogP contribution in [0.1, 0.15) is 72.1 Å². The third kappa shape index (κ3) is 4.19. The lowest BCUT2D eigenvalue weighted by molar-refractivity contribution is -0.130. The van der Waals surface area contributed by atoms with Gasteiger partial charge in [-0.2, -0.15) is 0 Å². The van der Waals surface area contributed by atoms with E-state index in [2.05, 4.69) is 26.1 Å². The summed E-state index contributed by atoms with van der Waals surface area (Å²) in [6.07, 6.45) is 11.0. The number of nitrogens with one attached hydrogen (secondary N) is 1. The molecule has 19 heavy (non-hydrogen) atoms. The highest BCUT2D eigenvalue weighted by atomic mass is 16.5. The molecule has 2 fully saturated rings. The zero-order chi connectivity index (χ0) is 13.7. The minimum atomic E-state index is 0.152. The Hall–Kier alpha value is -0.0800. The molecule has 0 heterocycles. The Bertz CT molecular complexity index is 260. The topological polar surface area (TPSA) is 21.3 Å². The van der Waals surface area contributed by atoms with E-state index < -0.39 is 0 Å².